The summed E-state index contributed by atoms with van der Waals surface area (Å²) in [5.74, 6) is -0.385. The van der Waals surface area contributed by atoms with Crippen LogP contribution in [0, 0.1) is 0 Å². The average Bonchev–Trinajstić information content (AvgIpc) is 3.79. The van der Waals surface area contributed by atoms with Gasteiger partial charge in [-0.3, -0.25) is 4.68 Å². The Kier molecular flexibility index (Phi) is 8.45. The van der Waals surface area contributed by atoms with E-state index in [1.807, 2.05) is 71.4 Å². The van der Waals surface area contributed by atoms with Gasteiger partial charge < -0.3 is 5.11 Å². The highest BCUT2D eigenvalue weighted by Gasteiger charge is 2.42. The first kappa shape index (κ1) is 30.5. The van der Waals surface area contributed by atoms with Crippen molar-refractivity contribution in [1.29, 1.82) is 0 Å². The van der Waals surface area contributed by atoms with Crippen LogP contribution in [0.4, 0.5) is 0 Å². The molecule has 5 aromatic carbocycles. The van der Waals surface area contributed by atoms with Crippen LogP contribution in [-0.4, -0.2) is 41.1 Å². The topological polar surface area (TPSA) is 98.7 Å². The van der Waals surface area contributed by atoms with Gasteiger partial charge in [-0.15, -0.1) is 5.10 Å². The van der Waals surface area contributed by atoms with Crippen LogP contribution in [0.5, 0.6) is 0 Å². The molecule has 0 fully saturated rings. The SMILES string of the molecule is CCCc1cc(C(=O)O)nn1Cc1ccc(-c2ccccc2-c2nnnn2C(c2ccccc2)(c2ccccc2)c2ccccc2)cc1. The van der Waals surface area contributed by atoms with E-state index >= 15 is 0 Å². The van der Waals surface area contributed by atoms with Gasteiger partial charge in [-0.25, -0.2) is 9.48 Å². The summed E-state index contributed by atoms with van der Waals surface area (Å²) >= 11 is 0. The molecule has 0 saturated heterocycles. The van der Waals surface area contributed by atoms with Crippen LogP contribution in [0.2, 0.25) is 0 Å². The lowest BCUT2D eigenvalue weighted by Crippen LogP contribution is -2.39. The molecular formula is C40H34N6O2. The third kappa shape index (κ3) is 5.58. The number of aryl methyl sites for hydroxylation is 1. The van der Waals surface area contributed by atoms with E-state index in [0.717, 1.165) is 57.5 Å². The molecule has 1 N–H and O–H groups in total. The van der Waals surface area contributed by atoms with Crippen molar-refractivity contribution < 1.29 is 9.90 Å². The van der Waals surface area contributed by atoms with Crippen molar-refractivity contribution in [2.75, 3.05) is 0 Å². The number of carbonyl (C=O) groups is 1. The maximum Gasteiger partial charge on any atom is 0.356 e. The highest BCUT2D eigenvalue weighted by atomic mass is 16.4. The summed E-state index contributed by atoms with van der Waals surface area (Å²) in [5, 5.41) is 27.5. The molecule has 7 aromatic rings. The summed E-state index contributed by atoms with van der Waals surface area (Å²) in [7, 11) is 0. The molecule has 0 spiro atoms. The Morgan fingerprint density at radius 3 is 1.79 bits per heavy atom. The number of carboxylic acid groups (broad SMARTS) is 1. The minimum absolute atomic E-state index is 0.0688. The summed E-state index contributed by atoms with van der Waals surface area (Å²) in [5.41, 5.74) is 7.12. The van der Waals surface area contributed by atoms with Gasteiger partial charge in [0.05, 0.1) is 6.54 Å². The Labute approximate surface area is 279 Å². The largest absolute Gasteiger partial charge is 0.476 e. The van der Waals surface area contributed by atoms with E-state index in [1.54, 1.807) is 10.7 Å². The molecule has 2 heterocycles. The van der Waals surface area contributed by atoms with Crippen LogP contribution < -0.4 is 0 Å². The first-order chi connectivity index (χ1) is 23.6. The van der Waals surface area contributed by atoms with E-state index in [9.17, 15) is 9.90 Å². The maximum absolute atomic E-state index is 11.6. The van der Waals surface area contributed by atoms with Gasteiger partial charge in [0.2, 0.25) is 0 Å². The Morgan fingerprint density at radius 1 is 0.708 bits per heavy atom. The number of aromatic carboxylic acids is 1. The fourth-order valence-electron chi connectivity index (χ4n) is 6.53. The molecule has 0 aliphatic carbocycles. The van der Waals surface area contributed by atoms with E-state index < -0.39 is 11.5 Å². The Morgan fingerprint density at radius 2 is 1.25 bits per heavy atom. The smallest absolute Gasteiger partial charge is 0.356 e. The fraction of sp³-hybridized carbons (Fsp3) is 0.125. The summed E-state index contributed by atoms with van der Waals surface area (Å²) in [6.45, 7) is 2.56. The summed E-state index contributed by atoms with van der Waals surface area (Å²) in [6.07, 6.45) is 1.66. The van der Waals surface area contributed by atoms with Crippen molar-refractivity contribution >= 4 is 5.97 Å². The summed E-state index contributed by atoms with van der Waals surface area (Å²) < 4.78 is 3.74. The maximum atomic E-state index is 11.6. The molecule has 48 heavy (non-hydrogen) atoms. The minimum Gasteiger partial charge on any atom is -0.476 e. The fourth-order valence-corrected chi connectivity index (χ4v) is 6.53. The van der Waals surface area contributed by atoms with Crippen molar-refractivity contribution in [3.8, 4) is 22.5 Å². The number of benzene rings is 5. The van der Waals surface area contributed by atoms with Crippen molar-refractivity contribution in [1.82, 2.24) is 30.0 Å². The quantitative estimate of drug-likeness (QED) is 0.147. The zero-order valence-electron chi connectivity index (χ0n) is 26.5. The van der Waals surface area contributed by atoms with Gasteiger partial charge in [0.25, 0.3) is 0 Å². The van der Waals surface area contributed by atoms with Gasteiger partial charge >= 0.3 is 5.97 Å². The molecule has 0 aliphatic rings. The van der Waals surface area contributed by atoms with Gasteiger partial charge in [0, 0.05) is 11.3 Å². The molecule has 7 rings (SSSR count). The van der Waals surface area contributed by atoms with Crippen LogP contribution in [0.25, 0.3) is 22.5 Å². The van der Waals surface area contributed by atoms with Gasteiger partial charge in [0.15, 0.2) is 11.5 Å². The molecule has 8 nitrogen and oxygen atoms in total. The predicted octanol–water partition coefficient (Wildman–Crippen LogP) is 7.74. The van der Waals surface area contributed by atoms with E-state index in [2.05, 4.69) is 95.1 Å². The summed E-state index contributed by atoms with van der Waals surface area (Å²) in [4.78, 5) is 11.6. The number of hydrogen-bond donors (Lipinski definition) is 1. The van der Waals surface area contributed by atoms with Crippen LogP contribution >= 0.6 is 0 Å². The third-order valence-corrected chi connectivity index (χ3v) is 8.72. The van der Waals surface area contributed by atoms with E-state index in [1.165, 1.54) is 0 Å². The first-order valence-electron chi connectivity index (χ1n) is 16.0. The predicted molar refractivity (Wildman–Crippen MR) is 186 cm³/mol. The highest BCUT2D eigenvalue weighted by Crippen LogP contribution is 2.43. The van der Waals surface area contributed by atoms with E-state index in [-0.39, 0.29) is 5.69 Å². The van der Waals surface area contributed by atoms with Gasteiger partial charge in [-0.1, -0.05) is 153 Å². The van der Waals surface area contributed by atoms with Crippen LogP contribution in [0.1, 0.15) is 51.8 Å². The molecule has 0 saturated carbocycles. The lowest BCUT2D eigenvalue weighted by Gasteiger charge is -2.36. The normalized spacial score (nSPS) is 11.4. The number of rotatable bonds is 11. The molecule has 2 aromatic heterocycles. The lowest BCUT2D eigenvalue weighted by molar-refractivity contribution is 0.0689. The molecule has 0 amide bonds. The van der Waals surface area contributed by atoms with Crippen LogP contribution in [0.3, 0.4) is 0 Å². The number of nitrogens with zero attached hydrogens (tertiary/aromatic N) is 6. The van der Waals surface area contributed by atoms with Crippen molar-refractivity contribution in [3.05, 3.63) is 179 Å². The zero-order chi connectivity index (χ0) is 32.9. The second-order valence-electron chi connectivity index (χ2n) is 11.7. The second kappa shape index (κ2) is 13.3. The van der Waals surface area contributed by atoms with Crippen molar-refractivity contribution in [3.63, 3.8) is 0 Å². The standard InChI is InChI=1S/C40H34N6O2/c1-2-14-34-27-37(39(47)48)42-45(34)28-29-23-25-30(26-24-29)35-21-12-13-22-36(35)38-41-43-44-46(38)40(31-15-6-3-7-16-31,32-17-8-4-9-18-32)33-19-10-5-11-20-33/h3-13,15-27H,2,14,28H2,1H3,(H,47,48). The third-order valence-electron chi connectivity index (χ3n) is 8.72. The highest BCUT2D eigenvalue weighted by molar-refractivity contribution is 5.85. The minimum atomic E-state index is -1.02. The number of tetrazole rings is 1. The Hall–Kier alpha value is -6.15. The zero-order valence-corrected chi connectivity index (χ0v) is 26.5. The Balaban J connectivity index is 1.34. The number of aromatic nitrogens is 6. The van der Waals surface area contributed by atoms with Crippen LogP contribution in [0.15, 0.2) is 146 Å². The first-order valence-corrected chi connectivity index (χ1v) is 16.0. The van der Waals surface area contributed by atoms with Crippen molar-refractivity contribution in [2.45, 2.75) is 31.8 Å². The Bertz CT molecular complexity index is 2040. The van der Waals surface area contributed by atoms with Gasteiger partial charge in [0.1, 0.15) is 5.54 Å². The van der Waals surface area contributed by atoms with Gasteiger partial charge in [-0.2, -0.15) is 5.10 Å². The average molecular weight is 631 g/mol. The molecule has 0 unspecified atom stereocenters. The van der Waals surface area contributed by atoms with E-state index in [0.29, 0.717) is 12.4 Å². The van der Waals surface area contributed by atoms with Crippen molar-refractivity contribution in [2.24, 2.45) is 0 Å². The molecule has 0 atom stereocenters. The van der Waals surface area contributed by atoms with Crippen LogP contribution in [-0.2, 0) is 18.5 Å². The van der Waals surface area contributed by atoms with Gasteiger partial charge in [-0.05, 0) is 56.3 Å². The number of hydrogen-bond acceptors (Lipinski definition) is 5. The number of carboxylic acids is 1. The summed E-state index contributed by atoms with van der Waals surface area (Å²) in [6, 6.07) is 49.3. The second-order valence-corrected chi connectivity index (χ2v) is 11.7. The lowest BCUT2D eigenvalue weighted by atomic mass is 9.77. The molecule has 236 valence electrons. The molecule has 8 heteroatoms. The molecular weight excluding hydrogens is 596 g/mol. The molecule has 0 aliphatic heterocycles. The molecule has 0 bridgehead atoms. The molecule has 0 radical (unpaired) electrons. The monoisotopic (exact) mass is 630 g/mol. The van der Waals surface area contributed by atoms with E-state index in [4.69, 9.17) is 5.21 Å².